The molecule has 0 saturated heterocycles. The summed E-state index contributed by atoms with van der Waals surface area (Å²) in [4.78, 5) is 19.2. The fraction of sp³-hybridized carbons (Fsp3) is 0.583. The van der Waals surface area contributed by atoms with Crippen LogP contribution in [0.4, 0.5) is 0 Å². The van der Waals surface area contributed by atoms with Crippen molar-refractivity contribution in [2.75, 3.05) is 6.61 Å². The predicted octanol–water partition coefficient (Wildman–Crippen LogP) is 6.31. The van der Waals surface area contributed by atoms with Gasteiger partial charge in [-0.3, -0.25) is 9.59 Å². The molecule has 0 rings (SSSR count). The summed E-state index contributed by atoms with van der Waals surface area (Å²) in [5, 5.41) is 24.4. The molecule has 168 valence electrons. The predicted molar refractivity (Wildman–Crippen MR) is 122 cm³/mol. The van der Waals surface area contributed by atoms with Crippen LogP contribution >= 0.6 is 0 Å². The Hall–Kier alpha value is -2.14. The molecule has 0 atom stereocenters. The summed E-state index contributed by atoms with van der Waals surface area (Å²) in [5.74, 6) is -1.56. The molecule has 0 aromatic heterocycles. The van der Waals surface area contributed by atoms with Gasteiger partial charge in [0, 0.05) is 13.3 Å². The maximum atomic E-state index is 10.2. The molecule has 0 spiro atoms. The molecule has 0 aromatic carbocycles. The van der Waals surface area contributed by atoms with Crippen molar-refractivity contribution in [2.45, 2.75) is 87.0 Å². The van der Waals surface area contributed by atoms with Crippen LogP contribution in [0.25, 0.3) is 0 Å². The van der Waals surface area contributed by atoms with E-state index in [-0.39, 0.29) is 13.0 Å². The molecule has 0 bridgehead atoms. The van der Waals surface area contributed by atoms with Gasteiger partial charge in [0.2, 0.25) is 0 Å². The van der Waals surface area contributed by atoms with Crippen molar-refractivity contribution in [2.24, 2.45) is 0 Å². The van der Waals surface area contributed by atoms with E-state index in [1.165, 1.54) is 22.3 Å². The van der Waals surface area contributed by atoms with E-state index in [2.05, 4.69) is 53.7 Å². The SMILES string of the molecule is CC(=O)O.CC(C)=CCC/C(C)=C\CCC(=O)O.CC(C)=CCC/C(C)=C\CO. The van der Waals surface area contributed by atoms with Crippen LogP contribution in [0.3, 0.4) is 0 Å². The number of aliphatic hydroxyl groups excluding tert-OH is 1. The van der Waals surface area contributed by atoms with E-state index in [0.717, 1.165) is 32.6 Å². The number of hydrogen-bond acceptors (Lipinski definition) is 3. The first-order valence-corrected chi connectivity index (χ1v) is 10.0. The first-order chi connectivity index (χ1) is 13.4. The van der Waals surface area contributed by atoms with Gasteiger partial charge in [-0.15, -0.1) is 0 Å². The van der Waals surface area contributed by atoms with Crippen molar-refractivity contribution in [3.63, 3.8) is 0 Å². The largest absolute Gasteiger partial charge is 0.481 e. The van der Waals surface area contributed by atoms with Gasteiger partial charge in [-0.1, -0.05) is 46.6 Å². The molecular formula is C24H42O5. The van der Waals surface area contributed by atoms with E-state index in [1.54, 1.807) is 0 Å². The van der Waals surface area contributed by atoms with Gasteiger partial charge in [-0.2, -0.15) is 0 Å². The lowest BCUT2D eigenvalue weighted by molar-refractivity contribution is -0.137. The van der Waals surface area contributed by atoms with Gasteiger partial charge >= 0.3 is 5.97 Å². The first kappa shape index (κ1) is 31.6. The minimum atomic E-state index is -0.833. The number of rotatable bonds is 10. The van der Waals surface area contributed by atoms with Crippen LogP contribution in [0.2, 0.25) is 0 Å². The van der Waals surface area contributed by atoms with Crippen LogP contribution in [0, 0.1) is 0 Å². The standard InChI is InChI=1S/C12H20O2.C10H18O.C2H4O2/c1-10(2)6-4-7-11(3)8-5-9-12(13)14;1-9(2)5-4-6-10(3)7-8-11;1-2(3)4/h6,8H,4-5,7,9H2,1-3H3,(H,13,14);5,7,11H,4,6,8H2,1-3H3;1H3,(H,3,4)/b11-8-;10-7-;. The molecule has 0 aromatic rings. The molecule has 0 aliphatic rings. The summed E-state index contributed by atoms with van der Waals surface area (Å²) in [6.45, 7) is 13.7. The fourth-order valence-corrected chi connectivity index (χ4v) is 1.98. The van der Waals surface area contributed by atoms with E-state index in [1.807, 2.05) is 12.2 Å². The highest BCUT2D eigenvalue weighted by atomic mass is 16.4. The van der Waals surface area contributed by atoms with Crippen LogP contribution in [0.1, 0.15) is 87.0 Å². The zero-order valence-electron chi connectivity index (χ0n) is 19.4. The van der Waals surface area contributed by atoms with Gasteiger partial charge in [0.25, 0.3) is 5.97 Å². The van der Waals surface area contributed by atoms with Gasteiger partial charge in [0.05, 0.1) is 6.61 Å². The number of hydrogen-bond donors (Lipinski definition) is 3. The molecule has 0 aliphatic heterocycles. The third-order valence-electron chi connectivity index (χ3n) is 3.47. The molecule has 0 heterocycles. The minimum Gasteiger partial charge on any atom is -0.481 e. The number of allylic oxidation sites excluding steroid dienone is 7. The van der Waals surface area contributed by atoms with E-state index < -0.39 is 11.9 Å². The highest BCUT2D eigenvalue weighted by Crippen LogP contribution is 2.08. The monoisotopic (exact) mass is 410 g/mol. The summed E-state index contributed by atoms with van der Waals surface area (Å²) in [5.41, 5.74) is 5.25. The summed E-state index contributed by atoms with van der Waals surface area (Å²) >= 11 is 0. The Morgan fingerprint density at radius 3 is 1.28 bits per heavy atom. The zero-order valence-corrected chi connectivity index (χ0v) is 19.4. The van der Waals surface area contributed by atoms with Crippen molar-refractivity contribution in [3.8, 4) is 0 Å². The molecule has 29 heavy (non-hydrogen) atoms. The molecular weight excluding hydrogens is 368 g/mol. The van der Waals surface area contributed by atoms with Crippen molar-refractivity contribution in [1.82, 2.24) is 0 Å². The fourth-order valence-electron chi connectivity index (χ4n) is 1.98. The second kappa shape index (κ2) is 22.2. The Kier molecular flexibility index (Phi) is 24.1. The number of carboxylic acids is 2. The van der Waals surface area contributed by atoms with Crippen LogP contribution in [0.15, 0.2) is 46.6 Å². The van der Waals surface area contributed by atoms with Gasteiger partial charge in [0.15, 0.2) is 0 Å². The highest BCUT2D eigenvalue weighted by Gasteiger charge is 1.94. The normalized spacial score (nSPS) is 10.6. The quantitative estimate of drug-likeness (QED) is 0.367. The molecule has 3 N–H and O–H groups in total. The number of carbonyl (C=O) groups is 2. The average molecular weight is 411 g/mol. The molecule has 5 heteroatoms. The van der Waals surface area contributed by atoms with E-state index >= 15 is 0 Å². The lowest BCUT2D eigenvalue weighted by Gasteiger charge is -1.98. The molecule has 0 unspecified atom stereocenters. The van der Waals surface area contributed by atoms with Crippen molar-refractivity contribution < 1.29 is 24.9 Å². The maximum absolute atomic E-state index is 10.2. The first-order valence-electron chi connectivity index (χ1n) is 10.0. The van der Waals surface area contributed by atoms with Gasteiger partial charge in [-0.25, -0.2) is 0 Å². The smallest absolute Gasteiger partial charge is 0.303 e. The van der Waals surface area contributed by atoms with Crippen LogP contribution in [-0.4, -0.2) is 33.9 Å². The maximum Gasteiger partial charge on any atom is 0.303 e. The van der Waals surface area contributed by atoms with E-state index in [9.17, 15) is 4.79 Å². The van der Waals surface area contributed by atoms with Crippen LogP contribution in [0.5, 0.6) is 0 Å². The lowest BCUT2D eigenvalue weighted by Crippen LogP contribution is -1.92. The molecule has 0 radical (unpaired) electrons. The third kappa shape index (κ3) is 41.4. The van der Waals surface area contributed by atoms with Crippen molar-refractivity contribution in [3.05, 3.63) is 46.6 Å². The number of aliphatic hydroxyl groups is 1. The summed E-state index contributed by atoms with van der Waals surface area (Å²) in [6.07, 6.45) is 13.4. The Morgan fingerprint density at radius 2 is 0.966 bits per heavy atom. The number of carboxylic acid groups (broad SMARTS) is 2. The molecule has 0 fully saturated rings. The molecule has 5 nitrogen and oxygen atoms in total. The van der Waals surface area contributed by atoms with Crippen molar-refractivity contribution >= 4 is 11.9 Å². The minimum absolute atomic E-state index is 0.167. The second-order valence-corrected chi connectivity index (χ2v) is 7.38. The Bertz CT molecular complexity index is 554. The number of aliphatic carboxylic acids is 2. The molecule has 0 amide bonds. The Labute approximate surface area is 177 Å². The molecule has 0 saturated carbocycles. The molecule has 0 aliphatic carbocycles. The van der Waals surface area contributed by atoms with Gasteiger partial charge < -0.3 is 15.3 Å². The summed E-state index contributed by atoms with van der Waals surface area (Å²) < 4.78 is 0. The second-order valence-electron chi connectivity index (χ2n) is 7.38. The van der Waals surface area contributed by atoms with Gasteiger partial charge in [0.1, 0.15) is 0 Å². The third-order valence-corrected chi connectivity index (χ3v) is 3.47. The summed E-state index contributed by atoms with van der Waals surface area (Å²) in [6, 6.07) is 0. The van der Waals surface area contributed by atoms with Gasteiger partial charge in [-0.05, 0) is 73.6 Å². The van der Waals surface area contributed by atoms with Crippen molar-refractivity contribution in [1.29, 1.82) is 0 Å². The Morgan fingerprint density at radius 1 is 0.621 bits per heavy atom. The highest BCUT2D eigenvalue weighted by molar-refractivity contribution is 5.66. The van der Waals surface area contributed by atoms with Crippen LogP contribution in [-0.2, 0) is 9.59 Å². The van der Waals surface area contributed by atoms with E-state index in [0.29, 0.717) is 6.42 Å². The average Bonchev–Trinajstić information content (AvgIpc) is 2.54. The Balaban J connectivity index is -0.000000401. The zero-order chi connectivity index (χ0) is 23.2. The van der Waals surface area contributed by atoms with Crippen LogP contribution < -0.4 is 0 Å². The van der Waals surface area contributed by atoms with E-state index in [4.69, 9.17) is 20.1 Å². The summed E-state index contributed by atoms with van der Waals surface area (Å²) in [7, 11) is 0. The topological polar surface area (TPSA) is 94.8 Å². The lowest BCUT2D eigenvalue weighted by atomic mass is 10.1.